The number of hydrogen-bond acceptors (Lipinski definition) is 4. The van der Waals surface area contributed by atoms with E-state index in [1.807, 2.05) is 62.1 Å². The highest BCUT2D eigenvalue weighted by Gasteiger charge is 2.31. The second-order valence-corrected chi connectivity index (χ2v) is 9.16. The largest absolute Gasteiger partial charge is 0.325 e. The summed E-state index contributed by atoms with van der Waals surface area (Å²) in [5, 5.41) is 2.91. The molecule has 1 amide bonds. The van der Waals surface area contributed by atoms with Crippen molar-refractivity contribution in [3.8, 4) is 0 Å². The van der Waals surface area contributed by atoms with Crippen molar-refractivity contribution in [1.82, 2.24) is 9.21 Å². The summed E-state index contributed by atoms with van der Waals surface area (Å²) in [7, 11) is -3.51. The molecule has 0 bridgehead atoms. The Morgan fingerprint density at radius 2 is 1.61 bits per heavy atom. The number of nitrogens with one attached hydrogen (secondary N) is 1. The van der Waals surface area contributed by atoms with Crippen LogP contribution < -0.4 is 5.32 Å². The molecule has 1 aliphatic rings. The lowest BCUT2D eigenvalue weighted by Gasteiger charge is -2.36. The van der Waals surface area contributed by atoms with Crippen LogP contribution in [0.25, 0.3) is 0 Å². The number of amides is 1. The predicted octanol–water partition coefficient (Wildman–Crippen LogP) is 2.64. The van der Waals surface area contributed by atoms with Gasteiger partial charge in [-0.15, -0.1) is 0 Å². The van der Waals surface area contributed by atoms with Crippen molar-refractivity contribution >= 4 is 21.6 Å². The van der Waals surface area contributed by atoms with Crippen molar-refractivity contribution in [2.75, 3.05) is 31.5 Å². The molecule has 150 valence electrons. The molecule has 6 nitrogen and oxygen atoms in total. The first-order chi connectivity index (χ1) is 13.3. The number of para-hydroxylation sites is 1. The van der Waals surface area contributed by atoms with Crippen LogP contribution in [0.3, 0.4) is 0 Å². The summed E-state index contributed by atoms with van der Waals surface area (Å²) in [6.07, 6.45) is 0. The second-order valence-electron chi connectivity index (χ2n) is 7.22. The van der Waals surface area contributed by atoms with E-state index >= 15 is 0 Å². The Bertz CT molecular complexity index is 937. The minimum atomic E-state index is -3.51. The predicted molar refractivity (Wildman–Crippen MR) is 111 cm³/mol. The zero-order valence-corrected chi connectivity index (χ0v) is 17.4. The zero-order valence-electron chi connectivity index (χ0n) is 16.6. The third-order valence-corrected chi connectivity index (χ3v) is 7.25. The number of aryl methyl sites for hydroxylation is 2. The molecule has 7 heteroatoms. The van der Waals surface area contributed by atoms with Crippen LogP contribution in [0.4, 0.5) is 5.69 Å². The Kier molecular flexibility index (Phi) is 6.17. The number of piperazine rings is 1. The van der Waals surface area contributed by atoms with Crippen molar-refractivity contribution < 1.29 is 13.2 Å². The summed E-state index contributed by atoms with van der Waals surface area (Å²) in [5.41, 5.74) is 2.79. The van der Waals surface area contributed by atoms with Gasteiger partial charge in [0.25, 0.3) is 0 Å². The lowest BCUT2D eigenvalue weighted by atomic mass is 10.1. The molecule has 0 aromatic heterocycles. The average molecular weight is 402 g/mol. The fourth-order valence-electron chi connectivity index (χ4n) is 3.29. The van der Waals surface area contributed by atoms with Gasteiger partial charge in [0.1, 0.15) is 0 Å². The first kappa shape index (κ1) is 20.5. The molecule has 2 aromatic rings. The van der Waals surface area contributed by atoms with Crippen LogP contribution in [0.5, 0.6) is 0 Å². The van der Waals surface area contributed by atoms with Crippen LogP contribution in [0.2, 0.25) is 0 Å². The quantitative estimate of drug-likeness (QED) is 0.836. The molecule has 0 radical (unpaired) electrons. The lowest BCUT2D eigenvalue weighted by Crippen LogP contribution is -2.53. The van der Waals surface area contributed by atoms with E-state index in [4.69, 9.17) is 0 Å². The standard InChI is InChI=1S/C21H27N3O3S/c1-16-9-10-20(15-17(16)2)28(26,27)24-13-11-23(12-14-24)18(3)21(25)22-19-7-5-4-6-8-19/h4-10,15,18H,11-14H2,1-3H3,(H,22,25)/t18-/m0/s1. The SMILES string of the molecule is Cc1ccc(S(=O)(=O)N2CCN([C@@H](C)C(=O)Nc3ccccc3)CC2)cc1C. The van der Waals surface area contributed by atoms with Gasteiger partial charge in [0.2, 0.25) is 15.9 Å². The maximum Gasteiger partial charge on any atom is 0.243 e. The van der Waals surface area contributed by atoms with Gasteiger partial charge in [-0.05, 0) is 56.2 Å². The minimum absolute atomic E-state index is 0.0864. The third kappa shape index (κ3) is 4.43. The fraction of sp³-hybridized carbons (Fsp3) is 0.381. The van der Waals surface area contributed by atoms with E-state index in [9.17, 15) is 13.2 Å². The minimum Gasteiger partial charge on any atom is -0.325 e. The van der Waals surface area contributed by atoms with E-state index in [1.54, 1.807) is 12.1 Å². The molecular weight excluding hydrogens is 374 g/mol. The smallest absolute Gasteiger partial charge is 0.243 e. The molecule has 0 saturated carbocycles. The molecule has 0 spiro atoms. The summed E-state index contributed by atoms with van der Waals surface area (Å²) in [4.78, 5) is 14.8. The Morgan fingerprint density at radius 1 is 0.964 bits per heavy atom. The van der Waals surface area contributed by atoms with Crippen molar-refractivity contribution in [1.29, 1.82) is 0 Å². The van der Waals surface area contributed by atoms with Crippen LogP contribution in [-0.4, -0.2) is 55.8 Å². The maximum atomic E-state index is 12.9. The van der Waals surface area contributed by atoms with Gasteiger partial charge in [-0.2, -0.15) is 4.31 Å². The van der Waals surface area contributed by atoms with Gasteiger partial charge in [-0.25, -0.2) is 8.42 Å². The van der Waals surface area contributed by atoms with Gasteiger partial charge < -0.3 is 5.32 Å². The molecule has 1 aliphatic heterocycles. The van der Waals surface area contributed by atoms with Crippen molar-refractivity contribution in [2.24, 2.45) is 0 Å². The van der Waals surface area contributed by atoms with E-state index < -0.39 is 10.0 Å². The number of benzene rings is 2. The number of sulfonamides is 1. The van der Waals surface area contributed by atoms with E-state index in [-0.39, 0.29) is 11.9 Å². The molecule has 1 fully saturated rings. The maximum absolute atomic E-state index is 12.9. The molecular formula is C21H27N3O3S. The normalized spacial score (nSPS) is 17.2. The highest BCUT2D eigenvalue weighted by molar-refractivity contribution is 7.89. The summed E-state index contributed by atoms with van der Waals surface area (Å²) >= 11 is 0. The molecule has 2 aromatic carbocycles. The van der Waals surface area contributed by atoms with E-state index in [0.29, 0.717) is 31.1 Å². The number of carbonyl (C=O) groups is 1. The number of hydrogen-bond donors (Lipinski definition) is 1. The van der Waals surface area contributed by atoms with Crippen LogP contribution >= 0.6 is 0 Å². The Labute approximate surface area is 167 Å². The first-order valence-electron chi connectivity index (χ1n) is 9.46. The Balaban J connectivity index is 1.61. The monoisotopic (exact) mass is 401 g/mol. The first-order valence-corrected chi connectivity index (χ1v) is 10.9. The van der Waals surface area contributed by atoms with Crippen LogP contribution in [0.1, 0.15) is 18.1 Å². The lowest BCUT2D eigenvalue weighted by molar-refractivity contribution is -0.121. The number of carbonyl (C=O) groups excluding carboxylic acids is 1. The van der Waals surface area contributed by atoms with E-state index in [2.05, 4.69) is 5.32 Å². The Hall–Kier alpha value is -2.22. The molecule has 1 N–H and O–H groups in total. The van der Waals surface area contributed by atoms with Gasteiger partial charge in [0, 0.05) is 31.9 Å². The van der Waals surface area contributed by atoms with Gasteiger partial charge in [-0.1, -0.05) is 24.3 Å². The summed E-state index contributed by atoms with van der Waals surface area (Å²) in [6, 6.07) is 14.2. The Morgan fingerprint density at radius 3 is 2.21 bits per heavy atom. The molecule has 0 aliphatic carbocycles. The van der Waals surface area contributed by atoms with Crippen molar-refractivity contribution in [2.45, 2.75) is 31.7 Å². The molecule has 1 saturated heterocycles. The summed E-state index contributed by atoms with van der Waals surface area (Å²) < 4.78 is 27.4. The number of rotatable bonds is 5. The third-order valence-electron chi connectivity index (χ3n) is 5.36. The topological polar surface area (TPSA) is 69.7 Å². The molecule has 0 unspecified atom stereocenters. The van der Waals surface area contributed by atoms with Gasteiger partial charge in [0.05, 0.1) is 10.9 Å². The molecule has 1 atom stereocenters. The van der Waals surface area contributed by atoms with Crippen LogP contribution in [0.15, 0.2) is 53.4 Å². The van der Waals surface area contributed by atoms with Gasteiger partial charge >= 0.3 is 0 Å². The summed E-state index contributed by atoms with van der Waals surface area (Å²) in [5.74, 6) is -0.0864. The molecule has 28 heavy (non-hydrogen) atoms. The van der Waals surface area contributed by atoms with Crippen LogP contribution in [0, 0.1) is 13.8 Å². The van der Waals surface area contributed by atoms with E-state index in [1.165, 1.54) is 4.31 Å². The van der Waals surface area contributed by atoms with Gasteiger partial charge in [-0.3, -0.25) is 9.69 Å². The fourth-order valence-corrected chi connectivity index (χ4v) is 4.80. The van der Waals surface area contributed by atoms with E-state index in [0.717, 1.165) is 16.8 Å². The van der Waals surface area contributed by atoms with Crippen molar-refractivity contribution in [3.63, 3.8) is 0 Å². The number of nitrogens with zero attached hydrogens (tertiary/aromatic N) is 2. The molecule has 1 heterocycles. The van der Waals surface area contributed by atoms with Gasteiger partial charge in [0.15, 0.2) is 0 Å². The highest BCUT2D eigenvalue weighted by atomic mass is 32.2. The molecule has 3 rings (SSSR count). The average Bonchev–Trinajstić information content (AvgIpc) is 2.70. The summed E-state index contributed by atoms with van der Waals surface area (Å²) in [6.45, 7) is 7.52. The number of anilines is 1. The van der Waals surface area contributed by atoms with Crippen LogP contribution in [-0.2, 0) is 14.8 Å². The zero-order chi connectivity index (χ0) is 20.3. The van der Waals surface area contributed by atoms with Crippen molar-refractivity contribution in [3.05, 3.63) is 59.7 Å². The highest BCUT2D eigenvalue weighted by Crippen LogP contribution is 2.21. The second kappa shape index (κ2) is 8.43.